The molecule has 0 saturated heterocycles. The molecule has 2 unspecified atom stereocenters. The largest absolute Gasteiger partial charge is 0.462 e. The van der Waals surface area contributed by atoms with Crippen molar-refractivity contribution in [3.8, 4) is 0 Å². The highest BCUT2D eigenvalue weighted by Crippen LogP contribution is 2.38. The molecule has 2 atom stereocenters. The Balaban J connectivity index is 2.36. The lowest BCUT2D eigenvalue weighted by molar-refractivity contribution is 0.0527. The van der Waals surface area contributed by atoms with E-state index in [4.69, 9.17) is 17.0 Å². The van der Waals surface area contributed by atoms with Crippen molar-refractivity contribution in [1.29, 1.82) is 0 Å². The number of nitrogens with zero attached hydrogens (tertiary/aromatic N) is 1. The quantitative estimate of drug-likeness (QED) is 0.350. The molecule has 0 aromatic carbocycles. The van der Waals surface area contributed by atoms with E-state index in [9.17, 15) is 4.79 Å². The Morgan fingerprint density at radius 2 is 1.78 bits per heavy atom. The molecule has 0 radical (unpaired) electrons. The zero-order valence-corrected chi connectivity index (χ0v) is 19.0. The molecule has 1 heterocycles. The number of ether oxygens (including phenoxy) is 1. The van der Waals surface area contributed by atoms with Gasteiger partial charge in [-0.2, -0.15) is 0 Å². The van der Waals surface area contributed by atoms with Gasteiger partial charge in [-0.1, -0.05) is 20.3 Å². The summed E-state index contributed by atoms with van der Waals surface area (Å²) in [6.45, 7) is 11.0. The van der Waals surface area contributed by atoms with Crippen molar-refractivity contribution in [1.82, 2.24) is 4.90 Å². The number of carbonyl (C=O) groups excluding carboxylic acids is 1. The third-order valence-corrected chi connectivity index (χ3v) is 7.01. The predicted octanol–water partition coefficient (Wildman–Crippen LogP) is 5.79. The molecule has 6 heteroatoms. The van der Waals surface area contributed by atoms with Crippen molar-refractivity contribution in [2.75, 3.05) is 11.9 Å². The minimum Gasteiger partial charge on any atom is -0.462 e. The van der Waals surface area contributed by atoms with Crippen LogP contribution in [0.25, 0.3) is 0 Å². The third-order valence-electron chi connectivity index (χ3n) is 5.49. The molecule has 0 spiro atoms. The van der Waals surface area contributed by atoms with Crippen LogP contribution in [-0.4, -0.2) is 34.7 Å². The van der Waals surface area contributed by atoms with Crippen molar-refractivity contribution in [3.05, 3.63) is 16.0 Å². The van der Waals surface area contributed by atoms with E-state index in [-0.39, 0.29) is 5.97 Å². The molecule has 152 valence electrons. The standard InChI is InChI=1S/C21H34N2O2S2/c1-6-14(4)23(15(5)7-2)21(26)22-19-18(20(24)25-8-3)16-12-10-9-11-13-17(16)27-19/h14-15H,6-13H2,1-5H3,(H,22,26). The number of esters is 1. The molecule has 1 aliphatic rings. The van der Waals surface area contributed by atoms with Crippen molar-refractivity contribution in [2.24, 2.45) is 0 Å². The monoisotopic (exact) mass is 410 g/mol. The normalized spacial score (nSPS) is 16.0. The number of thiocarbonyl (C=S) groups is 1. The first-order valence-electron chi connectivity index (χ1n) is 10.3. The topological polar surface area (TPSA) is 41.6 Å². The molecule has 4 nitrogen and oxygen atoms in total. The van der Waals surface area contributed by atoms with Crippen molar-refractivity contribution in [3.63, 3.8) is 0 Å². The smallest absolute Gasteiger partial charge is 0.341 e. The van der Waals surface area contributed by atoms with E-state index >= 15 is 0 Å². The zero-order chi connectivity index (χ0) is 20.0. The Labute approximate surface area is 173 Å². The van der Waals surface area contributed by atoms with E-state index in [1.165, 1.54) is 23.3 Å². The van der Waals surface area contributed by atoms with E-state index in [1.807, 2.05) is 6.92 Å². The Morgan fingerprint density at radius 1 is 1.15 bits per heavy atom. The van der Waals surface area contributed by atoms with Crippen LogP contribution in [0.1, 0.15) is 87.5 Å². The third kappa shape index (κ3) is 5.23. The highest BCUT2D eigenvalue weighted by Gasteiger charge is 2.28. The lowest BCUT2D eigenvalue weighted by Gasteiger charge is -2.36. The highest BCUT2D eigenvalue weighted by molar-refractivity contribution is 7.80. The molecular formula is C21H34N2O2S2. The lowest BCUT2D eigenvalue weighted by atomic mass is 10.1. The van der Waals surface area contributed by atoms with Crippen LogP contribution in [0.4, 0.5) is 5.00 Å². The molecule has 1 aliphatic carbocycles. The highest BCUT2D eigenvalue weighted by atomic mass is 32.1. The fraction of sp³-hybridized carbons (Fsp3) is 0.714. The number of aryl methyl sites for hydroxylation is 1. The van der Waals surface area contributed by atoms with E-state index in [1.54, 1.807) is 11.3 Å². The second kappa shape index (κ2) is 10.4. The van der Waals surface area contributed by atoms with Gasteiger partial charge in [-0.15, -0.1) is 11.3 Å². The number of hydrogen-bond acceptors (Lipinski definition) is 4. The lowest BCUT2D eigenvalue weighted by Crippen LogP contribution is -2.46. The summed E-state index contributed by atoms with van der Waals surface area (Å²) in [6, 6.07) is 0.701. The van der Waals surface area contributed by atoms with Gasteiger partial charge in [0.05, 0.1) is 12.2 Å². The maximum atomic E-state index is 12.7. The summed E-state index contributed by atoms with van der Waals surface area (Å²) in [5.41, 5.74) is 1.90. The Kier molecular flexibility index (Phi) is 8.55. The minimum absolute atomic E-state index is 0.221. The second-order valence-corrected chi connectivity index (χ2v) is 8.83. The van der Waals surface area contributed by atoms with Crippen LogP contribution in [0.5, 0.6) is 0 Å². The first kappa shape index (κ1) is 22.2. The molecule has 0 aliphatic heterocycles. The van der Waals surface area contributed by atoms with Gasteiger partial charge in [0.25, 0.3) is 0 Å². The number of hydrogen-bond donors (Lipinski definition) is 1. The zero-order valence-electron chi connectivity index (χ0n) is 17.4. The van der Waals surface area contributed by atoms with Gasteiger partial charge in [0.2, 0.25) is 0 Å². The SMILES string of the molecule is CCOC(=O)c1c(NC(=S)N(C(C)CC)C(C)CC)sc2c1CCCCC2. The summed E-state index contributed by atoms with van der Waals surface area (Å²) < 4.78 is 5.38. The predicted molar refractivity (Wildman–Crippen MR) is 119 cm³/mol. The summed E-state index contributed by atoms with van der Waals surface area (Å²) in [4.78, 5) is 16.3. The van der Waals surface area contributed by atoms with E-state index in [0.29, 0.717) is 29.4 Å². The number of anilines is 1. The van der Waals surface area contributed by atoms with Gasteiger partial charge in [0, 0.05) is 17.0 Å². The molecule has 2 rings (SSSR count). The van der Waals surface area contributed by atoms with Gasteiger partial charge in [0.15, 0.2) is 5.11 Å². The van der Waals surface area contributed by atoms with E-state index in [2.05, 4.69) is 37.9 Å². The molecule has 0 amide bonds. The molecule has 27 heavy (non-hydrogen) atoms. The van der Waals surface area contributed by atoms with Crippen LogP contribution >= 0.6 is 23.6 Å². The number of nitrogens with one attached hydrogen (secondary N) is 1. The van der Waals surface area contributed by atoms with Crippen molar-refractivity contribution < 1.29 is 9.53 Å². The van der Waals surface area contributed by atoms with Gasteiger partial charge in [-0.25, -0.2) is 4.79 Å². The average Bonchev–Trinajstić information content (AvgIpc) is 2.82. The Morgan fingerprint density at radius 3 is 2.37 bits per heavy atom. The summed E-state index contributed by atoms with van der Waals surface area (Å²) in [5, 5.41) is 5.00. The fourth-order valence-corrected chi connectivity index (χ4v) is 5.44. The Bertz CT molecular complexity index is 647. The van der Waals surface area contributed by atoms with Gasteiger partial charge in [-0.05, 0) is 77.1 Å². The molecule has 1 aromatic heterocycles. The summed E-state index contributed by atoms with van der Waals surface area (Å²) >= 11 is 7.48. The van der Waals surface area contributed by atoms with Crippen molar-refractivity contribution in [2.45, 2.75) is 91.6 Å². The first-order chi connectivity index (χ1) is 12.9. The Hall–Kier alpha value is -1.14. The van der Waals surface area contributed by atoms with Gasteiger partial charge in [-0.3, -0.25) is 0 Å². The summed E-state index contributed by atoms with van der Waals surface area (Å²) in [6.07, 6.45) is 7.59. The van der Waals surface area contributed by atoms with Crippen LogP contribution < -0.4 is 5.32 Å². The summed E-state index contributed by atoms with van der Waals surface area (Å²) in [7, 11) is 0. The van der Waals surface area contributed by atoms with Gasteiger partial charge in [0.1, 0.15) is 5.00 Å². The maximum absolute atomic E-state index is 12.7. The minimum atomic E-state index is -0.221. The maximum Gasteiger partial charge on any atom is 0.341 e. The van der Waals surface area contributed by atoms with E-state index in [0.717, 1.165) is 37.1 Å². The van der Waals surface area contributed by atoms with Crippen LogP contribution in [-0.2, 0) is 17.6 Å². The number of carbonyl (C=O) groups is 1. The summed E-state index contributed by atoms with van der Waals surface area (Å²) in [5.74, 6) is -0.221. The van der Waals surface area contributed by atoms with Crippen molar-refractivity contribution >= 4 is 39.6 Å². The molecular weight excluding hydrogens is 376 g/mol. The number of thiophene rings is 1. The van der Waals surface area contributed by atoms with Gasteiger partial charge < -0.3 is 15.0 Å². The number of rotatable bonds is 7. The molecule has 1 aromatic rings. The molecule has 0 bridgehead atoms. The van der Waals surface area contributed by atoms with Gasteiger partial charge >= 0.3 is 5.97 Å². The fourth-order valence-electron chi connectivity index (χ4n) is 3.64. The van der Waals surface area contributed by atoms with E-state index < -0.39 is 0 Å². The first-order valence-corrected chi connectivity index (χ1v) is 11.6. The molecule has 1 N–H and O–H groups in total. The van der Waals surface area contributed by atoms with Crippen LogP contribution in [0.15, 0.2) is 0 Å². The molecule has 0 saturated carbocycles. The second-order valence-electron chi connectivity index (χ2n) is 7.34. The number of fused-ring (bicyclic) bond motifs is 1. The average molecular weight is 411 g/mol. The van der Waals surface area contributed by atoms with Crippen LogP contribution in [0.3, 0.4) is 0 Å². The van der Waals surface area contributed by atoms with Crippen LogP contribution in [0.2, 0.25) is 0 Å². The molecule has 0 fully saturated rings. The van der Waals surface area contributed by atoms with Crippen LogP contribution in [0, 0.1) is 0 Å².